The Hall–Kier alpha value is -3.40. The third-order valence-electron chi connectivity index (χ3n) is 5.24. The fourth-order valence-electron chi connectivity index (χ4n) is 3.54. The van der Waals surface area contributed by atoms with Gasteiger partial charge in [0.05, 0.1) is 5.52 Å². The van der Waals surface area contributed by atoms with Gasteiger partial charge in [-0.25, -0.2) is 0 Å². The lowest BCUT2D eigenvalue weighted by Gasteiger charge is -2.14. The van der Waals surface area contributed by atoms with Gasteiger partial charge in [-0.1, -0.05) is 78.4 Å². The maximum absolute atomic E-state index is 12.8. The fourth-order valence-corrected chi connectivity index (χ4v) is 3.54. The van der Waals surface area contributed by atoms with Crippen LogP contribution in [0.1, 0.15) is 24.1 Å². The largest absolute Gasteiger partial charge is 0.354 e. The summed E-state index contributed by atoms with van der Waals surface area (Å²) in [5, 5.41) is 8.92. The number of hydrogen-bond donors (Lipinski definition) is 1. The molecule has 146 valence electrons. The topological polar surface area (TPSA) is 46.9 Å². The molecule has 4 rings (SSSR count). The van der Waals surface area contributed by atoms with Crippen LogP contribution in [0.4, 0.5) is 0 Å². The molecular weight excluding hydrogens is 358 g/mol. The molecule has 0 aliphatic rings. The minimum atomic E-state index is -0.393. The second-order valence-electron chi connectivity index (χ2n) is 7.38. The lowest BCUT2D eigenvalue weighted by Crippen LogP contribution is -2.32. The summed E-state index contributed by atoms with van der Waals surface area (Å²) in [5.74, 6) is -0.0232. The van der Waals surface area contributed by atoms with Gasteiger partial charge < -0.3 is 5.32 Å². The van der Waals surface area contributed by atoms with Crippen LogP contribution < -0.4 is 5.32 Å². The van der Waals surface area contributed by atoms with Crippen molar-refractivity contribution in [3.63, 3.8) is 0 Å². The molecule has 1 aromatic heterocycles. The number of nitrogens with one attached hydrogen (secondary N) is 1. The van der Waals surface area contributed by atoms with E-state index in [4.69, 9.17) is 5.10 Å². The van der Waals surface area contributed by atoms with Crippen molar-refractivity contribution in [2.24, 2.45) is 0 Å². The summed E-state index contributed by atoms with van der Waals surface area (Å²) in [6, 6.07) is 26.2. The summed E-state index contributed by atoms with van der Waals surface area (Å²) in [5.41, 5.74) is 5.38. The Labute approximate surface area is 171 Å². The molecule has 0 unspecified atom stereocenters. The van der Waals surface area contributed by atoms with Crippen LogP contribution in [0.2, 0.25) is 0 Å². The van der Waals surface area contributed by atoms with Crippen LogP contribution >= 0.6 is 0 Å². The Morgan fingerprint density at radius 2 is 1.66 bits per heavy atom. The van der Waals surface area contributed by atoms with Crippen LogP contribution in [0, 0.1) is 6.92 Å². The highest BCUT2D eigenvalue weighted by Gasteiger charge is 2.20. The molecule has 4 heteroatoms. The van der Waals surface area contributed by atoms with E-state index in [1.807, 2.05) is 60.1 Å². The first-order chi connectivity index (χ1) is 14.1. The zero-order chi connectivity index (χ0) is 20.2. The van der Waals surface area contributed by atoms with E-state index in [-0.39, 0.29) is 5.91 Å². The molecule has 0 saturated carbocycles. The fraction of sp³-hybridized carbons (Fsp3) is 0.200. The quantitative estimate of drug-likeness (QED) is 0.513. The molecule has 4 nitrogen and oxygen atoms in total. The third kappa shape index (κ3) is 4.06. The van der Waals surface area contributed by atoms with Crippen LogP contribution in [0.5, 0.6) is 0 Å². The number of aryl methyl sites for hydroxylation is 1. The molecule has 29 heavy (non-hydrogen) atoms. The average molecular weight is 383 g/mol. The SMILES string of the molecule is Cc1ccc(CCNC(=O)[C@H](C)n2nc(-c3ccccc3)c3ccccc32)cc1. The van der Waals surface area contributed by atoms with E-state index in [1.165, 1.54) is 11.1 Å². The zero-order valence-electron chi connectivity index (χ0n) is 16.8. The zero-order valence-corrected chi connectivity index (χ0v) is 16.8. The molecule has 0 aliphatic carbocycles. The van der Waals surface area contributed by atoms with Gasteiger partial charge >= 0.3 is 0 Å². The van der Waals surface area contributed by atoms with E-state index in [0.717, 1.165) is 28.6 Å². The van der Waals surface area contributed by atoms with Gasteiger partial charge in [-0.15, -0.1) is 0 Å². The van der Waals surface area contributed by atoms with Gasteiger partial charge in [-0.05, 0) is 31.9 Å². The molecule has 3 aromatic carbocycles. The van der Waals surface area contributed by atoms with Gasteiger partial charge in [0.1, 0.15) is 11.7 Å². The summed E-state index contributed by atoms with van der Waals surface area (Å²) < 4.78 is 1.83. The molecule has 1 atom stereocenters. The molecule has 0 radical (unpaired) electrons. The van der Waals surface area contributed by atoms with Crippen LogP contribution in [0.25, 0.3) is 22.2 Å². The lowest BCUT2D eigenvalue weighted by molar-refractivity contribution is -0.123. The van der Waals surface area contributed by atoms with Gasteiger partial charge in [0.15, 0.2) is 0 Å². The van der Waals surface area contributed by atoms with Crippen molar-refractivity contribution < 1.29 is 4.79 Å². The Morgan fingerprint density at radius 1 is 0.966 bits per heavy atom. The lowest BCUT2D eigenvalue weighted by atomic mass is 10.1. The molecule has 0 spiro atoms. The number of benzene rings is 3. The molecule has 4 aromatic rings. The summed E-state index contributed by atoms with van der Waals surface area (Å²) in [4.78, 5) is 12.8. The number of fused-ring (bicyclic) bond motifs is 1. The molecule has 0 fully saturated rings. The number of hydrogen-bond acceptors (Lipinski definition) is 2. The number of amides is 1. The second-order valence-corrected chi connectivity index (χ2v) is 7.38. The maximum atomic E-state index is 12.8. The summed E-state index contributed by atoms with van der Waals surface area (Å²) >= 11 is 0. The third-order valence-corrected chi connectivity index (χ3v) is 5.24. The highest BCUT2D eigenvalue weighted by Crippen LogP contribution is 2.29. The predicted octanol–water partition coefficient (Wildman–Crippen LogP) is 4.93. The Kier molecular flexibility index (Phi) is 5.43. The van der Waals surface area contributed by atoms with Crippen LogP contribution in [-0.4, -0.2) is 22.2 Å². The normalized spacial score (nSPS) is 12.1. The van der Waals surface area contributed by atoms with Gasteiger partial charge in [-0.3, -0.25) is 9.48 Å². The monoisotopic (exact) mass is 383 g/mol. The molecule has 1 N–H and O–H groups in total. The minimum Gasteiger partial charge on any atom is -0.354 e. The molecule has 0 saturated heterocycles. The Balaban J connectivity index is 1.53. The number of para-hydroxylation sites is 1. The van der Waals surface area contributed by atoms with Gasteiger partial charge in [0.2, 0.25) is 5.91 Å². The van der Waals surface area contributed by atoms with E-state index in [0.29, 0.717) is 6.54 Å². The van der Waals surface area contributed by atoms with Crippen LogP contribution in [0.3, 0.4) is 0 Å². The van der Waals surface area contributed by atoms with Crippen molar-refractivity contribution in [1.82, 2.24) is 15.1 Å². The summed E-state index contributed by atoms with van der Waals surface area (Å²) in [6.07, 6.45) is 0.813. The van der Waals surface area contributed by atoms with E-state index < -0.39 is 6.04 Å². The van der Waals surface area contributed by atoms with Gasteiger partial charge in [0, 0.05) is 17.5 Å². The number of carbonyl (C=O) groups is 1. The minimum absolute atomic E-state index is 0.0232. The number of rotatable bonds is 6. The number of aromatic nitrogens is 2. The molecule has 1 amide bonds. The van der Waals surface area contributed by atoms with Gasteiger partial charge in [-0.2, -0.15) is 5.10 Å². The van der Waals surface area contributed by atoms with Gasteiger partial charge in [0.25, 0.3) is 0 Å². The predicted molar refractivity (Wildman–Crippen MR) is 118 cm³/mol. The number of carbonyl (C=O) groups excluding carboxylic acids is 1. The van der Waals surface area contributed by atoms with Crippen molar-refractivity contribution in [2.45, 2.75) is 26.3 Å². The maximum Gasteiger partial charge on any atom is 0.244 e. The Morgan fingerprint density at radius 3 is 2.41 bits per heavy atom. The first kappa shape index (κ1) is 18.9. The van der Waals surface area contributed by atoms with E-state index in [9.17, 15) is 4.79 Å². The summed E-state index contributed by atoms with van der Waals surface area (Å²) in [7, 11) is 0. The number of nitrogens with zero attached hydrogens (tertiary/aromatic N) is 2. The molecule has 0 bridgehead atoms. The smallest absolute Gasteiger partial charge is 0.244 e. The highest BCUT2D eigenvalue weighted by molar-refractivity contribution is 5.94. The van der Waals surface area contributed by atoms with Crippen molar-refractivity contribution in [3.8, 4) is 11.3 Å². The van der Waals surface area contributed by atoms with E-state index >= 15 is 0 Å². The molecule has 0 aliphatic heterocycles. The van der Waals surface area contributed by atoms with E-state index in [2.05, 4.69) is 42.6 Å². The molecular formula is C25H25N3O. The first-order valence-corrected chi connectivity index (χ1v) is 9.99. The van der Waals surface area contributed by atoms with Crippen LogP contribution in [-0.2, 0) is 11.2 Å². The standard InChI is InChI=1S/C25H25N3O/c1-18-12-14-20(15-13-18)16-17-26-25(29)19(2)28-23-11-7-6-10-22(23)24(27-28)21-8-4-3-5-9-21/h3-15,19H,16-17H2,1-2H3,(H,26,29)/t19-/m0/s1. The average Bonchev–Trinajstić information content (AvgIpc) is 3.15. The Bertz CT molecular complexity index is 1110. The van der Waals surface area contributed by atoms with E-state index in [1.54, 1.807) is 0 Å². The summed E-state index contributed by atoms with van der Waals surface area (Å²) in [6.45, 7) is 4.58. The van der Waals surface area contributed by atoms with Crippen molar-refractivity contribution >= 4 is 16.8 Å². The molecule has 1 heterocycles. The van der Waals surface area contributed by atoms with Crippen molar-refractivity contribution in [3.05, 3.63) is 90.0 Å². The van der Waals surface area contributed by atoms with Crippen molar-refractivity contribution in [2.75, 3.05) is 6.54 Å². The first-order valence-electron chi connectivity index (χ1n) is 9.99. The van der Waals surface area contributed by atoms with Crippen LogP contribution in [0.15, 0.2) is 78.9 Å². The second kappa shape index (κ2) is 8.31. The van der Waals surface area contributed by atoms with Crippen molar-refractivity contribution in [1.29, 1.82) is 0 Å². The highest BCUT2D eigenvalue weighted by atomic mass is 16.2.